The van der Waals surface area contributed by atoms with E-state index >= 15 is 0 Å². The Labute approximate surface area is 686 Å². The third-order valence-electron chi connectivity index (χ3n) is 16.4. The maximum absolute atomic E-state index is 13.1. The summed E-state index contributed by atoms with van der Waals surface area (Å²) in [6, 6.07) is 7.63. The van der Waals surface area contributed by atoms with E-state index in [2.05, 4.69) is 28.5 Å². The molecule has 2 aliphatic heterocycles. The molecule has 2 aromatic carbocycles. The number of hydrogen-bond acceptors (Lipinski definition) is 33. The van der Waals surface area contributed by atoms with Gasteiger partial charge in [0.1, 0.15) is 44.5 Å². The first-order valence-electron chi connectivity index (χ1n) is 34.6. The molecule has 44 heteroatoms. The predicted molar refractivity (Wildman–Crippen MR) is 414 cm³/mol. The Bertz CT molecular complexity index is 4800. The minimum atomic E-state index is -4.60. The van der Waals surface area contributed by atoms with Crippen molar-refractivity contribution in [1.82, 2.24) is 20.1 Å². The van der Waals surface area contributed by atoms with E-state index in [1.165, 1.54) is 38.1 Å². The summed E-state index contributed by atoms with van der Waals surface area (Å²) < 4.78 is 150. The van der Waals surface area contributed by atoms with E-state index in [-0.39, 0.29) is 65.0 Å². The lowest BCUT2D eigenvalue weighted by Crippen LogP contribution is -2.41. The fourth-order valence-electron chi connectivity index (χ4n) is 9.74. The zero-order chi connectivity index (χ0) is 86.7. The highest BCUT2D eigenvalue weighted by atomic mass is 35.5. The first-order chi connectivity index (χ1) is 52.8. The zero-order valence-corrected chi connectivity index (χ0v) is 71.9. The van der Waals surface area contributed by atoms with Crippen molar-refractivity contribution >= 4 is 174 Å². The summed E-state index contributed by atoms with van der Waals surface area (Å²) >= 11 is 25.6. The predicted octanol–water partition coefficient (Wildman–Crippen LogP) is 7.94. The SMILES string of the molecule is C=C(CC)C(=O)c1ccc(OCC(=O)O[C@@H](C)C(=O)O[C@@H](C)C(=O)O[C@@H](C)C(=O)O[C@@H](C)C(=O)NS(=O)(=O)c2cc3c(s2)S(=O)(=O)[C@@H](C)C[C@@H]3NCC)c(Cl)c1Cl.C=C(CC)Cc1ccc(OCC(=O)O)c(Cl)c1Cl.CCN[C@H]1C[C@H](C)S(=O)(=O)c2sc(S(=O)(=O)NC(=O)[C@H](C)OC(=O)[C@H](C)OC(=O)[C@H](C)OC(=O)[C@H](C)O)cc21. The molecule has 114 heavy (non-hydrogen) atoms. The smallest absolute Gasteiger partial charge is 0.347 e. The molecule has 2 amide bonds. The van der Waals surface area contributed by atoms with E-state index in [1.807, 2.05) is 20.8 Å². The van der Waals surface area contributed by atoms with Gasteiger partial charge in [0.25, 0.3) is 31.9 Å². The number of carboxylic acid groups (broad SMARTS) is 1. The van der Waals surface area contributed by atoms with Crippen LogP contribution in [0.1, 0.15) is 162 Å². The fraction of sp³-hybridized carbons (Fsp3) is 0.500. The first kappa shape index (κ1) is 98.5. The molecular formula is C70H88Cl4N4O30S6. The highest BCUT2D eigenvalue weighted by Crippen LogP contribution is 2.45. The number of allylic oxidation sites excluding steroid dienone is 2. The molecule has 0 spiro atoms. The maximum Gasteiger partial charge on any atom is 0.347 e. The summed E-state index contributed by atoms with van der Waals surface area (Å²) in [5, 5.41) is 22.8. The summed E-state index contributed by atoms with van der Waals surface area (Å²) in [6.45, 7) is 26.7. The Balaban J connectivity index is 0.000000411. The second-order valence-corrected chi connectivity index (χ2v) is 37.9. The Morgan fingerprint density at radius 1 is 0.518 bits per heavy atom. The fourth-order valence-corrected chi connectivity index (χ4v) is 20.7. The van der Waals surface area contributed by atoms with Crippen molar-refractivity contribution in [3.05, 3.63) is 103 Å². The third kappa shape index (κ3) is 26.6. The van der Waals surface area contributed by atoms with Gasteiger partial charge in [-0.25, -0.2) is 81.5 Å². The summed E-state index contributed by atoms with van der Waals surface area (Å²) in [7, 11) is -16.7. The highest BCUT2D eigenvalue weighted by Gasteiger charge is 2.43. The number of hydrogen-bond donors (Lipinski definition) is 6. The second-order valence-electron chi connectivity index (χ2n) is 25.4. The number of ketones is 1. The molecular weight excluding hydrogens is 1710 g/mol. The van der Waals surface area contributed by atoms with Gasteiger partial charge in [0.15, 0.2) is 81.4 Å². The molecule has 0 fully saturated rings. The van der Waals surface area contributed by atoms with Gasteiger partial charge in [-0.2, -0.15) is 0 Å². The molecule has 0 bridgehead atoms. The van der Waals surface area contributed by atoms with Crippen LogP contribution in [0.5, 0.6) is 11.5 Å². The number of esters is 7. The molecule has 4 aromatic rings. The van der Waals surface area contributed by atoms with E-state index in [9.17, 15) is 86.4 Å². The number of halogens is 4. The Morgan fingerprint density at radius 3 is 1.25 bits per heavy atom. The molecule has 6 rings (SSSR count). The number of aliphatic carboxylic acids is 1. The number of carbonyl (C=O) groups excluding carboxylic acids is 10. The molecule has 632 valence electrons. The van der Waals surface area contributed by atoms with Crippen molar-refractivity contribution < 1.29 is 139 Å². The Hall–Kier alpha value is -7.87. The number of aliphatic hydroxyl groups excluding tert-OH is 1. The van der Waals surface area contributed by atoms with E-state index in [0.717, 1.165) is 72.9 Å². The standard InChI is InChI=1S/C35H42Cl2N2O15S3.C22H32N2O12S3.C13H14Cl2O3/c1-9-16(3)30(41)22-11-12-25(29(37)28(22)36)50-15-26(40)51-19(6)32(43)53-21(8)34(45)54-20(7)33(44)52-18(5)31(42)39-57(48,49)27-14-23-24(38-10-2)13-17(4)56(46,47)35(23)55-27;1-7-23-16-8-10(2)38(30,31)22-15(16)9-17(37-22)39(32,33)24-18(26)12(4)34-20(28)14(6)36-21(29)13(5)35-19(27)11(3)25;1-3-8(2)6-9-4-5-10(13(15)12(9)14)18-7-11(16)17/h11-12,14,17-21,24,38H,3,9-10,13,15H2,1-2,4-8H3,(H,39,42);9-14,16,23,25H,7-8H2,1-6H3,(H,24,26);4-5H,2-3,6-7H2,1H3,(H,16,17)/t17-,18-,19-,20-,21-,24-;10-,11-,12-,13-,14-,16-;/m00./s1. The Kier molecular flexibility index (Phi) is 37.0. The van der Waals surface area contributed by atoms with Gasteiger partial charge in [0.2, 0.25) is 0 Å². The van der Waals surface area contributed by atoms with Crippen LogP contribution in [0.4, 0.5) is 0 Å². The monoisotopic (exact) mass is 1800 g/mol. The topological polar surface area (TPSA) is 496 Å². The number of amides is 2. The molecule has 2 aromatic heterocycles. The lowest BCUT2D eigenvalue weighted by Gasteiger charge is -2.27. The van der Waals surface area contributed by atoms with Gasteiger partial charge < -0.3 is 63.5 Å². The van der Waals surface area contributed by atoms with E-state index in [4.69, 9.17) is 94.5 Å². The lowest BCUT2D eigenvalue weighted by molar-refractivity contribution is -0.183. The number of carboxylic acids is 1. The number of ether oxygens (including phenoxy) is 9. The number of thiophene rings is 2. The van der Waals surface area contributed by atoms with Gasteiger partial charge in [0, 0.05) is 28.8 Å². The molecule has 0 aliphatic carbocycles. The number of benzene rings is 2. The van der Waals surface area contributed by atoms with Gasteiger partial charge >= 0.3 is 47.8 Å². The number of aliphatic hydroxyl groups is 1. The molecule has 0 saturated carbocycles. The molecule has 0 radical (unpaired) electrons. The van der Waals surface area contributed by atoms with Crippen LogP contribution in [0, 0.1) is 0 Å². The average molecular weight is 1800 g/mol. The van der Waals surface area contributed by atoms with Crippen molar-refractivity contribution in [1.29, 1.82) is 0 Å². The van der Waals surface area contributed by atoms with Gasteiger partial charge in [0.05, 0.1) is 20.5 Å². The largest absolute Gasteiger partial charge is 0.480 e. The van der Waals surface area contributed by atoms with E-state index < -0.39 is 192 Å². The summed E-state index contributed by atoms with van der Waals surface area (Å²) in [5.74, 6) is -11.9. The number of carbonyl (C=O) groups is 11. The van der Waals surface area contributed by atoms with Crippen LogP contribution < -0.4 is 29.6 Å². The maximum atomic E-state index is 13.1. The van der Waals surface area contributed by atoms with Gasteiger partial charge in [-0.05, 0) is 156 Å². The van der Waals surface area contributed by atoms with Crippen LogP contribution in [0.15, 0.2) is 77.5 Å². The van der Waals surface area contributed by atoms with Crippen LogP contribution in [-0.4, -0.2) is 195 Å². The van der Waals surface area contributed by atoms with Gasteiger partial charge in [-0.15, -0.1) is 22.7 Å². The number of fused-ring (bicyclic) bond motifs is 2. The number of rotatable bonds is 35. The lowest BCUT2D eigenvalue weighted by atomic mass is 10.0. The third-order valence-corrected chi connectivity index (χ3v) is 29.6. The van der Waals surface area contributed by atoms with Crippen LogP contribution in [-0.2, 0) is 127 Å². The average Bonchev–Trinajstić information content (AvgIpc) is 1.57. The summed E-state index contributed by atoms with van der Waals surface area (Å²) in [6.07, 6.45) is -10.3. The summed E-state index contributed by atoms with van der Waals surface area (Å²) in [5.41, 5.74) is 2.88. The minimum Gasteiger partial charge on any atom is -0.480 e. The van der Waals surface area contributed by atoms with E-state index in [1.54, 1.807) is 28.5 Å². The van der Waals surface area contributed by atoms with Crippen molar-refractivity contribution in [2.45, 2.75) is 217 Å². The molecule has 6 N–H and O–H groups in total. The number of nitrogens with one attached hydrogen (secondary N) is 4. The number of sulfonamides is 2. The molecule has 2 aliphatic rings. The van der Waals surface area contributed by atoms with Gasteiger partial charge in [-0.1, -0.05) is 98.9 Å². The van der Waals surface area contributed by atoms with Crippen molar-refractivity contribution in [3.8, 4) is 11.5 Å². The first-order valence-corrected chi connectivity index (χ1v) is 43.8. The second kappa shape index (κ2) is 42.8. The van der Waals surface area contributed by atoms with Crippen LogP contribution in [0.25, 0.3) is 0 Å². The molecule has 12 atom stereocenters. The van der Waals surface area contributed by atoms with Crippen LogP contribution in [0.3, 0.4) is 0 Å². The molecule has 4 heterocycles. The molecule has 34 nitrogen and oxygen atoms in total. The normalized spacial score (nSPS) is 18.0. The minimum absolute atomic E-state index is 0.0549. The van der Waals surface area contributed by atoms with E-state index in [0.29, 0.717) is 64.8 Å². The summed E-state index contributed by atoms with van der Waals surface area (Å²) in [4.78, 5) is 134. The highest BCUT2D eigenvalue weighted by molar-refractivity contribution is 7.96. The van der Waals surface area contributed by atoms with Crippen LogP contribution in [0.2, 0.25) is 20.1 Å². The molecule has 0 unspecified atom stereocenters. The van der Waals surface area contributed by atoms with Crippen molar-refractivity contribution in [3.63, 3.8) is 0 Å². The number of Topliss-reactive ketones (excluding diaryl/α,β-unsaturated/α-hetero) is 1. The molecule has 0 saturated heterocycles. The zero-order valence-electron chi connectivity index (χ0n) is 64.0. The van der Waals surface area contributed by atoms with Crippen molar-refractivity contribution in [2.24, 2.45) is 0 Å². The number of sulfone groups is 2. The van der Waals surface area contributed by atoms with Gasteiger partial charge in [-0.3, -0.25) is 14.4 Å². The quantitative estimate of drug-likeness (QED) is 0.00836. The Morgan fingerprint density at radius 2 is 0.877 bits per heavy atom. The van der Waals surface area contributed by atoms with Crippen molar-refractivity contribution in [2.75, 3.05) is 26.3 Å². The van der Waals surface area contributed by atoms with Crippen LogP contribution >= 0.6 is 69.1 Å².